The average Bonchev–Trinajstić information content (AvgIpc) is 2.89. The summed E-state index contributed by atoms with van der Waals surface area (Å²) in [7, 11) is -2.82. The Hall–Kier alpha value is -2.31. The number of methoxy groups -OCH3 is 1. The van der Waals surface area contributed by atoms with E-state index in [0.29, 0.717) is 10.9 Å². The molecule has 0 unspecified atom stereocenters. The molecule has 23 heavy (non-hydrogen) atoms. The number of benzene rings is 2. The predicted octanol–water partition coefficient (Wildman–Crippen LogP) is 3.32. The van der Waals surface area contributed by atoms with Crippen LogP contribution in [0, 0.1) is 0 Å². The number of hydrogen-bond donors (Lipinski definition) is 0. The van der Waals surface area contributed by atoms with E-state index in [-0.39, 0.29) is 15.6 Å². The van der Waals surface area contributed by atoms with E-state index < -0.39 is 16.0 Å². The highest BCUT2D eigenvalue weighted by Crippen LogP contribution is 2.34. The lowest BCUT2D eigenvalue weighted by atomic mass is 10.2. The molecule has 0 saturated carbocycles. The number of nitrogens with zero attached hydrogens (tertiary/aromatic N) is 1. The summed E-state index contributed by atoms with van der Waals surface area (Å²) in [4.78, 5) is 12.2. The average molecular weight is 350 g/mol. The van der Waals surface area contributed by atoms with Crippen LogP contribution in [0.5, 0.6) is 0 Å². The van der Waals surface area contributed by atoms with E-state index in [1.165, 1.54) is 19.2 Å². The molecule has 0 fully saturated rings. The second-order valence-electron chi connectivity index (χ2n) is 4.75. The fourth-order valence-electron chi connectivity index (χ4n) is 2.39. The number of ether oxygens (including phenoxy) is 1. The van der Waals surface area contributed by atoms with Gasteiger partial charge < -0.3 is 4.74 Å². The van der Waals surface area contributed by atoms with Gasteiger partial charge in [-0.2, -0.15) is 0 Å². The molecule has 0 radical (unpaired) electrons. The smallest absolute Gasteiger partial charge is 0.357 e. The molecular formula is C16H12ClNO4S. The van der Waals surface area contributed by atoms with Crippen molar-refractivity contribution in [2.75, 3.05) is 7.11 Å². The van der Waals surface area contributed by atoms with Crippen LogP contribution in [0.2, 0.25) is 5.02 Å². The lowest BCUT2D eigenvalue weighted by molar-refractivity contribution is 0.0593. The molecular weight excluding hydrogens is 338 g/mol. The van der Waals surface area contributed by atoms with E-state index >= 15 is 0 Å². The van der Waals surface area contributed by atoms with Gasteiger partial charge in [-0.05, 0) is 18.2 Å². The molecule has 0 spiro atoms. The maximum atomic E-state index is 13.0. The van der Waals surface area contributed by atoms with E-state index in [1.54, 1.807) is 42.5 Å². The van der Waals surface area contributed by atoms with Gasteiger partial charge in [-0.3, -0.25) is 0 Å². The van der Waals surface area contributed by atoms with Crippen LogP contribution in [0.4, 0.5) is 0 Å². The van der Waals surface area contributed by atoms with Gasteiger partial charge in [0.05, 0.1) is 22.5 Å². The van der Waals surface area contributed by atoms with E-state index in [1.807, 2.05) is 0 Å². The molecule has 3 aromatic rings. The number of para-hydroxylation sites is 1. The van der Waals surface area contributed by atoms with Crippen LogP contribution < -0.4 is 0 Å². The Kier molecular flexibility index (Phi) is 3.87. The van der Waals surface area contributed by atoms with Crippen molar-refractivity contribution in [3.8, 4) is 0 Å². The fraction of sp³-hybridized carbons (Fsp3) is 0.0625. The Labute approximate surface area is 138 Å². The SMILES string of the molecule is COC(=O)c1c(Cl)c2ccccc2n1S(=O)(=O)c1ccccc1. The third-order valence-corrected chi connectivity index (χ3v) is 5.54. The highest BCUT2D eigenvalue weighted by Gasteiger charge is 2.30. The van der Waals surface area contributed by atoms with E-state index in [0.717, 1.165) is 3.97 Å². The lowest BCUT2D eigenvalue weighted by Crippen LogP contribution is -2.19. The summed E-state index contributed by atoms with van der Waals surface area (Å²) in [5.74, 6) is -0.814. The molecule has 3 rings (SSSR count). The molecule has 7 heteroatoms. The van der Waals surface area contributed by atoms with Crippen molar-refractivity contribution in [1.82, 2.24) is 3.97 Å². The van der Waals surface area contributed by atoms with Crippen LogP contribution in [-0.4, -0.2) is 25.5 Å². The number of rotatable bonds is 3. The molecule has 0 N–H and O–H groups in total. The minimum absolute atomic E-state index is 0.0481. The number of esters is 1. The number of carbonyl (C=O) groups is 1. The first kappa shape index (κ1) is 15.6. The van der Waals surface area contributed by atoms with Gasteiger partial charge in [0.1, 0.15) is 0 Å². The monoisotopic (exact) mass is 349 g/mol. The first-order valence-electron chi connectivity index (χ1n) is 6.66. The number of aromatic nitrogens is 1. The van der Waals surface area contributed by atoms with E-state index in [2.05, 4.69) is 0 Å². The van der Waals surface area contributed by atoms with Crippen molar-refractivity contribution in [2.24, 2.45) is 0 Å². The van der Waals surface area contributed by atoms with Crippen LogP contribution in [0.25, 0.3) is 10.9 Å². The molecule has 0 aliphatic rings. The summed E-state index contributed by atoms with van der Waals surface area (Å²) in [5, 5.41) is 0.515. The number of carbonyl (C=O) groups excluding carboxylic acids is 1. The Bertz CT molecular complexity index is 994. The summed E-state index contributed by atoms with van der Waals surface area (Å²) in [6.45, 7) is 0. The molecule has 0 bridgehead atoms. The molecule has 1 aromatic heterocycles. The summed E-state index contributed by atoms with van der Waals surface area (Å²) >= 11 is 6.24. The van der Waals surface area contributed by atoms with E-state index in [4.69, 9.17) is 16.3 Å². The predicted molar refractivity (Wildman–Crippen MR) is 87.3 cm³/mol. The van der Waals surface area contributed by atoms with Gasteiger partial charge in [0.2, 0.25) is 0 Å². The standard InChI is InChI=1S/C16H12ClNO4S/c1-22-16(19)15-14(17)12-9-5-6-10-13(12)18(15)23(20,21)11-7-3-2-4-8-11/h2-10H,1H3. The van der Waals surface area contributed by atoms with Crippen LogP contribution in [0.3, 0.4) is 0 Å². The highest BCUT2D eigenvalue weighted by molar-refractivity contribution is 7.90. The van der Waals surface area contributed by atoms with Crippen LogP contribution >= 0.6 is 11.6 Å². The largest absolute Gasteiger partial charge is 0.464 e. The van der Waals surface area contributed by atoms with Gasteiger partial charge in [0.15, 0.2) is 5.69 Å². The maximum absolute atomic E-state index is 13.0. The zero-order valence-electron chi connectivity index (χ0n) is 12.1. The maximum Gasteiger partial charge on any atom is 0.357 e. The highest BCUT2D eigenvalue weighted by atomic mass is 35.5. The molecule has 5 nitrogen and oxygen atoms in total. The zero-order chi connectivity index (χ0) is 16.6. The summed E-state index contributed by atoms with van der Waals surface area (Å²) < 4.78 is 31.6. The fourth-order valence-corrected chi connectivity index (χ4v) is 4.30. The molecule has 0 amide bonds. The minimum atomic E-state index is -4.00. The van der Waals surface area contributed by atoms with Crippen molar-refractivity contribution in [3.63, 3.8) is 0 Å². The van der Waals surface area contributed by atoms with Gasteiger partial charge in [0, 0.05) is 5.39 Å². The topological polar surface area (TPSA) is 65.4 Å². The molecule has 2 aromatic carbocycles. The van der Waals surface area contributed by atoms with Gasteiger partial charge in [-0.15, -0.1) is 0 Å². The molecule has 0 saturated heterocycles. The Morgan fingerprint density at radius 3 is 2.30 bits per heavy atom. The number of hydrogen-bond acceptors (Lipinski definition) is 4. The second-order valence-corrected chi connectivity index (χ2v) is 6.92. The van der Waals surface area contributed by atoms with Gasteiger partial charge in [-0.25, -0.2) is 17.2 Å². The van der Waals surface area contributed by atoms with Gasteiger partial charge in [-0.1, -0.05) is 48.0 Å². The van der Waals surface area contributed by atoms with Gasteiger partial charge in [0.25, 0.3) is 10.0 Å². The summed E-state index contributed by atoms with van der Waals surface area (Å²) in [6.07, 6.45) is 0. The van der Waals surface area contributed by atoms with Gasteiger partial charge >= 0.3 is 5.97 Å². The third-order valence-electron chi connectivity index (χ3n) is 3.43. The summed E-state index contributed by atoms with van der Waals surface area (Å²) in [6, 6.07) is 14.5. The third kappa shape index (κ3) is 2.40. The van der Waals surface area contributed by atoms with Crippen LogP contribution in [-0.2, 0) is 14.8 Å². The molecule has 0 aliphatic carbocycles. The second kappa shape index (κ2) is 5.72. The first-order chi connectivity index (χ1) is 11.0. The van der Waals surface area contributed by atoms with Crippen molar-refractivity contribution < 1.29 is 17.9 Å². The molecule has 0 atom stereocenters. The number of fused-ring (bicyclic) bond motifs is 1. The Morgan fingerprint density at radius 2 is 1.65 bits per heavy atom. The zero-order valence-corrected chi connectivity index (χ0v) is 13.6. The normalized spacial score (nSPS) is 11.6. The minimum Gasteiger partial charge on any atom is -0.464 e. The van der Waals surface area contributed by atoms with Crippen LogP contribution in [0.1, 0.15) is 10.5 Å². The number of halogens is 1. The van der Waals surface area contributed by atoms with Crippen molar-refractivity contribution >= 4 is 38.5 Å². The first-order valence-corrected chi connectivity index (χ1v) is 8.48. The van der Waals surface area contributed by atoms with Crippen molar-refractivity contribution in [2.45, 2.75) is 4.90 Å². The van der Waals surface area contributed by atoms with Crippen molar-refractivity contribution in [3.05, 3.63) is 65.3 Å². The van der Waals surface area contributed by atoms with Crippen LogP contribution in [0.15, 0.2) is 59.5 Å². The molecule has 118 valence electrons. The Morgan fingerprint density at radius 1 is 1.04 bits per heavy atom. The molecule has 0 aliphatic heterocycles. The Balaban J connectivity index is 2.43. The summed E-state index contributed by atoms with van der Waals surface area (Å²) in [5.41, 5.74) is 0.112. The van der Waals surface area contributed by atoms with Crippen molar-refractivity contribution in [1.29, 1.82) is 0 Å². The lowest BCUT2D eigenvalue weighted by Gasteiger charge is -2.10. The molecule has 1 heterocycles. The quantitative estimate of drug-likeness (QED) is 0.680. The van der Waals surface area contributed by atoms with E-state index in [9.17, 15) is 13.2 Å².